The van der Waals surface area contributed by atoms with Crippen LogP contribution in [0.5, 0.6) is 0 Å². The molecule has 2 rings (SSSR count). The number of carbonyl (C=O) groups excluding carboxylic acids is 2. The Morgan fingerprint density at radius 2 is 1.65 bits per heavy atom. The van der Waals surface area contributed by atoms with Crippen LogP contribution in [0.4, 0.5) is 29.3 Å². The van der Waals surface area contributed by atoms with Gasteiger partial charge >= 0.3 is 12.2 Å². The molecule has 186 valence electrons. The lowest BCUT2D eigenvalue weighted by molar-refractivity contribution is -0.137. The highest BCUT2D eigenvalue weighted by molar-refractivity contribution is 6.30. The number of hydrogen-bond donors (Lipinski definition) is 2. The van der Waals surface area contributed by atoms with E-state index in [1.807, 2.05) is 0 Å². The van der Waals surface area contributed by atoms with Gasteiger partial charge in [0.2, 0.25) is 5.91 Å². The van der Waals surface area contributed by atoms with Crippen LogP contribution in [0.15, 0.2) is 48.5 Å². The molecule has 9 heteroatoms. The summed E-state index contributed by atoms with van der Waals surface area (Å²) in [6, 6.07) is 10.3. The van der Waals surface area contributed by atoms with Crippen molar-refractivity contribution in [1.82, 2.24) is 5.32 Å². The smallest absolute Gasteiger partial charge is 0.354 e. The molecule has 0 bridgehead atoms. The number of rotatable bonds is 12. The van der Waals surface area contributed by atoms with Crippen LogP contribution in [0.1, 0.15) is 57.4 Å². The van der Waals surface area contributed by atoms with Crippen LogP contribution in [-0.2, 0) is 11.0 Å². The quantitative estimate of drug-likeness (QED) is 0.303. The number of nitrogens with zero attached hydrogens (tertiary/aromatic N) is 1. The lowest BCUT2D eigenvalue weighted by Gasteiger charge is -2.24. The van der Waals surface area contributed by atoms with Crippen molar-refractivity contribution in [2.45, 2.75) is 58.0 Å². The molecule has 0 heterocycles. The summed E-state index contributed by atoms with van der Waals surface area (Å²) in [5.41, 5.74) is -0.341. The summed E-state index contributed by atoms with van der Waals surface area (Å²) in [6.07, 6.45) is 2.20. The largest absolute Gasteiger partial charge is 0.416 e. The van der Waals surface area contributed by atoms with Crippen molar-refractivity contribution in [3.05, 3.63) is 59.1 Å². The van der Waals surface area contributed by atoms with E-state index in [0.29, 0.717) is 17.1 Å². The number of hydrogen-bond acceptors (Lipinski definition) is 2. The number of nitrogens with one attached hydrogen (secondary N) is 2. The highest BCUT2D eigenvalue weighted by atomic mass is 35.5. The molecule has 2 aromatic carbocycles. The number of amides is 3. The molecule has 0 spiro atoms. The molecule has 0 fully saturated rings. The Morgan fingerprint density at radius 3 is 2.32 bits per heavy atom. The third-order valence-electron chi connectivity index (χ3n) is 5.24. The minimum Gasteiger partial charge on any atom is -0.354 e. The van der Waals surface area contributed by atoms with Crippen molar-refractivity contribution >= 4 is 34.9 Å². The van der Waals surface area contributed by atoms with E-state index in [1.54, 1.807) is 24.3 Å². The van der Waals surface area contributed by atoms with E-state index in [1.165, 1.54) is 23.5 Å². The highest BCUT2D eigenvalue weighted by Gasteiger charge is 2.31. The summed E-state index contributed by atoms with van der Waals surface area (Å²) in [4.78, 5) is 26.2. The van der Waals surface area contributed by atoms with E-state index in [0.717, 1.165) is 44.2 Å². The minimum absolute atomic E-state index is 0.00295. The average molecular weight is 498 g/mol. The average Bonchev–Trinajstić information content (AvgIpc) is 2.80. The molecule has 0 aromatic heterocycles. The first kappa shape index (κ1) is 27.5. The summed E-state index contributed by atoms with van der Waals surface area (Å²) in [5.74, 6) is -0.141. The second-order valence-electron chi connectivity index (χ2n) is 8.00. The van der Waals surface area contributed by atoms with Gasteiger partial charge in [0, 0.05) is 35.9 Å². The standard InChI is InChI=1S/C25H31ClF3N3O2/c1-2-3-4-5-6-7-11-23(33)30-16-17-32(22-10-8-9-19(18-22)25(27,28)29)24(34)31-21-14-12-20(26)13-15-21/h8-10,12-15,18H,2-7,11,16-17H2,1H3,(H,30,33)(H,31,34). The first-order chi connectivity index (χ1) is 16.2. The molecule has 0 aliphatic heterocycles. The first-order valence-electron chi connectivity index (χ1n) is 11.5. The SMILES string of the molecule is CCCCCCCCC(=O)NCCN(C(=O)Nc1ccc(Cl)cc1)c1cccc(C(F)(F)F)c1. The van der Waals surface area contributed by atoms with Crippen LogP contribution in [0.3, 0.4) is 0 Å². The second kappa shape index (κ2) is 13.8. The summed E-state index contributed by atoms with van der Waals surface area (Å²) in [5, 5.41) is 5.90. The first-order valence-corrected chi connectivity index (χ1v) is 11.9. The van der Waals surface area contributed by atoms with E-state index in [-0.39, 0.29) is 24.7 Å². The van der Waals surface area contributed by atoms with E-state index < -0.39 is 17.8 Å². The molecular formula is C25H31ClF3N3O2. The van der Waals surface area contributed by atoms with Crippen molar-refractivity contribution in [1.29, 1.82) is 0 Å². The number of benzene rings is 2. The van der Waals surface area contributed by atoms with Gasteiger partial charge in [0.15, 0.2) is 0 Å². The summed E-state index contributed by atoms with van der Waals surface area (Å²) in [6.45, 7) is 2.26. The molecule has 0 saturated carbocycles. The van der Waals surface area contributed by atoms with Crippen LogP contribution >= 0.6 is 11.6 Å². The van der Waals surface area contributed by atoms with Crippen molar-refractivity contribution in [2.75, 3.05) is 23.3 Å². The normalized spacial score (nSPS) is 11.2. The van der Waals surface area contributed by atoms with E-state index in [9.17, 15) is 22.8 Å². The van der Waals surface area contributed by atoms with Gasteiger partial charge in [0.05, 0.1) is 5.56 Å². The van der Waals surface area contributed by atoms with Gasteiger partial charge in [-0.2, -0.15) is 13.2 Å². The molecule has 3 amide bonds. The Morgan fingerprint density at radius 1 is 0.971 bits per heavy atom. The maximum Gasteiger partial charge on any atom is 0.416 e. The van der Waals surface area contributed by atoms with Crippen LogP contribution in [-0.4, -0.2) is 25.0 Å². The van der Waals surface area contributed by atoms with Crippen molar-refractivity contribution in [3.8, 4) is 0 Å². The number of anilines is 2. The molecule has 0 atom stereocenters. The van der Waals surface area contributed by atoms with Gasteiger partial charge in [0.25, 0.3) is 0 Å². The number of unbranched alkanes of at least 4 members (excludes halogenated alkanes) is 5. The molecular weight excluding hydrogens is 467 g/mol. The van der Waals surface area contributed by atoms with E-state index >= 15 is 0 Å². The van der Waals surface area contributed by atoms with Gasteiger partial charge in [-0.15, -0.1) is 0 Å². The molecule has 0 aliphatic carbocycles. The van der Waals surface area contributed by atoms with Crippen molar-refractivity contribution in [3.63, 3.8) is 0 Å². The van der Waals surface area contributed by atoms with Crippen LogP contribution in [0.25, 0.3) is 0 Å². The number of urea groups is 1. The molecule has 2 N–H and O–H groups in total. The maximum absolute atomic E-state index is 13.2. The molecule has 34 heavy (non-hydrogen) atoms. The Labute approximate surface area is 203 Å². The summed E-state index contributed by atoms with van der Waals surface area (Å²) >= 11 is 5.86. The zero-order chi connectivity index (χ0) is 25.0. The van der Waals surface area contributed by atoms with Gasteiger partial charge in [-0.05, 0) is 48.9 Å². The van der Waals surface area contributed by atoms with Gasteiger partial charge in [0.1, 0.15) is 0 Å². The topological polar surface area (TPSA) is 61.4 Å². The number of alkyl halides is 3. The number of halogens is 4. The Kier molecular flexibility index (Phi) is 11.2. The maximum atomic E-state index is 13.2. The van der Waals surface area contributed by atoms with Crippen molar-refractivity contribution < 1.29 is 22.8 Å². The lowest BCUT2D eigenvalue weighted by atomic mass is 10.1. The van der Waals surface area contributed by atoms with Crippen LogP contribution in [0.2, 0.25) is 5.02 Å². The molecule has 0 aliphatic rings. The summed E-state index contributed by atoms with van der Waals surface area (Å²) in [7, 11) is 0. The van der Waals surface area contributed by atoms with Crippen LogP contribution in [0, 0.1) is 0 Å². The fraction of sp³-hybridized carbons (Fsp3) is 0.440. The van der Waals surface area contributed by atoms with Crippen molar-refractivity contribution in [2.24, 2.45) is 0 Å². The molecule has 0 radical (unpaired) electrons. The highest BCUT2D eigenvalue weighted by Crippen LogP contribution is 2.31. The Bertz CT molecular complexity index is 920. The zero-order valence-corrected chi connectivity index (χ0v) is 20.0. The second-order valence-corrected chi connectivity index (χ2v) is 8.44. The molecule has 0 saturated heterocycles. The number of carbonyl (C=O) groups is 2. The van der Waals surface area contributed by atoms with Gasteiger partial charge in [-0.1, -0.05) is 56.7 Å². The predicted molar refractivity (Wildman–Crippen MR) is 130 cm³/mol. The van der Waals surface area contributed by atoms with E-state index in [2.05, 4.69) is 17.6 Å². The van der Waals surface area contributed by atoms with Gasteiger partial charge in [-0.3, -0.25) is 9.69 Å². The van der Waals surface area contributed by atoms with E-state index in [4.69, 9.17) is 11.6 Å². The molecule has 2 aromatic rings. The fourth-order valence-corrected chi connectivity index (χ4v) is 3.51. The monoisotopic (exact) mass is 497 g/mol. The Balaban J connectivity index is 2.01. The van der Waals surface area contributed by atoms with Crippen LogP contribution < -0.4 is 15.5 Å². The lowest BCUT2D eigenvalue weighted by Crippen LogP contribution is -2.41. The molecule has 0 unspecified atom stereocenters. The van der Waals surface area contributed by atoms with Gasteiger partial charge < -0.3 is 10.6 Å². The predicted octanol–water partition coefficient (Wildman–Crippen LogP) is 7.26. The zero-order valence-electron chi connectivity index (χ0n) is 19.3. The Hall–Kier alpha value is -2.74. The third kappa shape index (κ3) is 9.63. The summed E-state index contributed by atoms with van der Waals surface area (Å²) < 4.78 is 39.6. The molecule has 5 nitrogen and oxygen atoms in total. The van der Waals surface area contributed by atoms with Gasteiger partial charge in [-0.25, -0.2) is 4.79 Å². The third-order valence-corrected chi connectivity index (χ3v) is 5.49. The minimum atomic E-state index is -4.54. The fourth-order valence-electron chi connectivity index (χ4n) is 3.38.